The zero-order valence-corrected chi connectivity index (χ0v) is 15.4. The van der Waals surface area contributed by atoms with Crippen LogP contribution >= 0.6 is 0 Å². The third-order valence-corrected chi connectivity index (χ3v) is 3.52. The predicted octanol–water partition coefficient (Wildman–Crippen LogP) is 3.30. The van der Waals surface area contributed by atoms with E-state index in [1.165, 1.54) is 0 Å². The third-order valence-electron chi connectivity index (χ3n) is 3.52. The zero-order chi connectivity index (χ0) is 18.8. The molecule has 0 unspecified atom stereocenters. The quantitative estimate of drug-likeness (QED) is 0.660. The molecule has 26 heavy (non-hydrogen) atoms. The van der Waals surface area contributed by atoms with Crippen molar-refractivity contribution in [2.24, 2.45) is 0 Å². The fourth-order valence-corrected chi connectivity index (χ4v) is 2.32. The number of carbonyl (C=O) groups excluding carboxylic acids is 1. The Kier molecular flexibility index (Phi) is 7.61. The second-order valence-electron chi connectivity index (χ2n) is 5.31. The number of hydrogen-bond acceptors (Lipinski definition) is 5. The topological polar surface area (TPSA) is 66.0 Å². The van der Waals surface area contributed by atoms with Crippen LogP contribution in [0.2, 0.25) is 0 Å². The van der Waals surface area contributed by atoms with Crippen molar-refractivity contribution in [1.82, 2.24) is 5.32 Å². The highest BCUT2D eigenvalue weighted by atomic mass is 16.5. The molecule has 0 aromatic heterocycles. The van der Waals surface area contributed by atoms with Gasteiger partial charge in [0.1, 0.15) is 18.1 Å². The van der Waals surface area contributed by atoms with Crippen LogP contribution in [0.1, 0.15) is 24.2 Å². The van der Waals surface area contributed by atoms with E-state index < -0.39 is 0 Å². The van der Waals surface area contributed by atoms with Gasteiger partial charge in [-0.05, 0) is 56.3 Å². The molecule has 1 amide bonds. The van der Waals surface area contributed by atoms with Crippen molar-refractivity contribution >= 4 is 5.91 Å². The van der Waals surface area contributed by atoms with Crippen molar-refractivity contribution in [1.29, 1.82) is 0 Å². The summed E-state index contributed by atoms with van der Waals surface area (Å²) in [5.74, 6) is 2.49. The average Bonchev–Trinajstić information content (AvgIpc) is 2.67. The summed E-state index contributed by atoms with van der Waals surface area (Å²) < 4.78 is 21.7. The van der Waals surface area contributed by atoms with Crippen molar-refractivity contribution in [3.8, 4) is 23.0 Å². The van der Waals surface area contributed by atoms with Gasteiger partial charge >= 0.3 is 0 Å². The molecule has 6 heteroatoms. The summed E-state index contributed by atoms with van der Waals surface area (Å²) in [7, 11) is 1.55. The van der Waals surface area contributed by atoms with Gasteiger partial charge in [0.15, 0.2) is 11.5 Å². The molecule has 2 aromatic carbocycles. The number of rotatable bonds is 10. The van der Waals surface area contributed by atoms with Crippen LogP contribution in [0.5, 0.6) is 23.0 Å². The molecule has 6 nitrogen and oxygen atoms in total. The van der Waals surface area contributed by atoms with E-state index in [0.717, 1.165) is 11.5 Å². The Hall–Kier alpha value is -2.89. The molecule has 0 atom stereocenters. The first-order valence-electron chi connectivity index (χ1n) is 8.62. The van der Waals surface area contributed by atoms with Crippen LogP contribution in [0.4, 0.5) is 0 Å². The van der Waals surface area contributed by atoms with Gasteiger partial charge in [0.2, 0.25) is 0 Å². The number of methoxy groups -OCH3 is 1. The first-order chi connectivity index (χ1) is 12.7. The second kappa shape index (κ2) is 10.2. The molecule has 0 bridgehead atoms. The smallest absolute Gasteiger partial charge is 0.251 e. The van der Waals surface area contributed by atoms with Gasteiger partial charge in [0.05, 0.1) is 26.9 Å². The molecule has 0 aliphatic heterocycles. The van der Waals surface area contributed by atoms with E-state index in [9.17, 15) is 4.79 Å². The first-order valence-corrected chi connectivity index (χ1v) is 8.62. The Balaban J connectivity index is 1.81. The van der Waals surface area contributed by atoms with Gasteiger partial charge in [-0.3, -0.25) is 4.79 Å². The van der Waals surface area contributed by atoms with E-state index >= 15 is 0 Å². The molecule has 0 heterocycles. The fourth-order valence-electron chi connectivity index (χ4n) is 2.32. The van der Waals surface area contributed by atoms with Gasteiger partial charge in [-0.15, -0.1) is 0 Å². The van der Waals surface area contributed by atoms with Gasteiger partial charge in [-0.25, -0.2) is 0 Å². The SMILES string of the molecule is CCOc1ccc(OCCNC(=O)c2ccc(OCC)c(OC)c2)cc1. The van der Waals surface area contributed by atoms with Gasteiger partial charge in [-0.2, -0.15) is 0 Å². The Bertz CT molecular complexity index is 700. The molecule has 0 aliphatic rings. The molecule has 0 radical (unpaired) electrons. The van der Waals surface area contributed by atoms with E-state index in [2.05, 4.69) is 5.32 Å². The Morgan fingerprint density at radius 1 is 0.885 bits per heavy atom. The number of benzene rings is 2. The molecular formula is C20H25NO5. The maximum atomic E-state index is 12.2. The van der Waals surface area contributed by atoms with Crippen molar-refractivity contribution in [3.05, 3.63) is 48.0 Å². The summed E-state index contributed by atoms with van der Waals surface area (Å²) in [6.45, 7) is 5.75. The van der Waals surface area contributed by atoms with Gasteiger partial charge in [0, 0.05) is 5.56 Å². The molecule has 0 aliphatic carbocycles. The molecule has 0 spiro atoms. The van der Waals surface area contributed by atoms with E-state index in [1.54, 1.807) is 25.3 Å². The lowest BCUT2D eigenvalue weighted by atomic mass is 10.2. The summed E-state index contributed by atoms with van der Waals surface area (Å²) in [5, 5.41) is 2.82. The highest BCUT2D eigenvalue weighted by Crippen LogP contribution is 2.28. The van der Waals surface area contributed by atoms with Crippen LogP contribution in [0.15, 0.2) is 42.5 Å². The largest absolute Gasteiger partial charge is 0.494 e. The summed E-state index contributed by atoms with van der Waals surface area (Å²) >= 11 is 0. The minimum Gasteiger partial charge on any atom is -0.494 e. The van der Waals surface area contributed by atoms with E-state index in [1.807, 2.05) is 38.1 Å². The molecule has 2 aromatic rings. The number of nitrogens with one attached hydrogen (secondary N) is 1. The maximum Gasteiger partial charge on any atom is 0.251 e. The normalized spacial score (nSPS) is 10.1. The first kappa shape index (κ1) is 19.4. The van der Waals surface area contributed by atoms with Crippen LogP contribution in [0, 0.1) is 0 Å². The van der Waals surface area contributed by atoms with E-state index in [0.29, 0.717) is 43.4 Å². The molecule has 0 saturated heterocycles. The molecule has 0 fully saturated rings. The fraction of sp³-hybridized carbons (Fsp3) is 0.350. The van der Waals surface area contributed by atoms with Crippen LogP contribution in [-0.4, -0.2) is 39.4 Å². The summed E-state index contributed by atoms with van der Waals surface area (Å²) in [6.07, 6.45) is 0. The monoisotopic (exact) mass is 359 g/mol. The van der Waals surface area contributed by atoms with Gasteiger partial charge < -0.3 is 24.3 Å². The molecule has 1 N–H and O–H groups in total. The highest BCUT2D eigenvalue weighted by Gasteiger charge is 2.10. The van der Waals surface area contributed by atoms with Crippen molar-refractivity contribution in [3.63, 3.8) is 0 Å². The lowest BCUT2D eigenvalue weighted by Crippen LogP contribution is -2.28. The Morgan fingerprint density at radius 2 is 1.54 bits per heavy atom. The summed E-state index contributed by atoms with van der Waals surface area (Å²) in [5.41, 5.74) is 0.506. The lowest BCUT2D eigenvalue weighted by molar-refractivity contribution is 0.0946. The van der Waals surface area contributed by atoms with Crippen molar-refractivity contribution in [2.45, 2.75) is 13.8 Å². The average molecular weight is 359 g/mol. The number of carbonyl (C=O) groups is 1. The lowest BCUT2D eigenvalue weighted by Gasteiger charge is -2.11. The molecular weight excluding hydrogens is 334 g/mol. The molecule has 140 valence electrons. The number of hydrogen-bond donors (Lipinski definition) is 1. The number of amides is 1. The van der Waals surface area contributed by atoms with E-state index in [4.69, 9.17) is 18.9 Å². The highest BCUT2D eigenvalue weighted by molar-refractivity contribution is 5.94. The summed E-state index contributed by atoms with van der Waals surface area (Å²) in [6, 6.07) is 12.5. The van der Waals surface area contributed by atoms with E-state index in [-0.39, 0.29) is 5.91 Å². The standard InChI is InChI=1S/C20H25NO5/c1-4-24-16-7-9-17(10-8-16)26-13-12-21-20(22)15-6-11-18(25-5-2)19(14-15)23-3/h6-11,14H,4-5,12-13H2,1-3H3,(H,21,22). The van der Waals surface area contributed by atoms with Gasteiger partial charge in [-0.1, -0.05) is 0 Å². The zero-order valence-electron chi connectivity index (χ0n) is 15.4. The van der Waals surface area contributed by atoms with Gasteiger partial charge in [0.25, 0.3) is 5.91 Å². The Labute approximate surface area is 154 Å². The van der Waals surface area contributed by atoms with Crippen LogP contribution in [-0.2, 0) is 0 Å². The van der Waals surface area contributed by atoms with Crippen molar-refractivity contribution < 1.29 is 23.7 Å². The van der Waals surface area contributed by atoms with Crippen LogP contribution < -0.4 is 24.3 Å². The third kappa shape index (κ3) is 5.58. The number of ether oxygens (including phenoxy) is 4. The van der Waals surface area contributed by atoms with Crippen LogP contribution in [0.3, 0.4) is 0 Å². The predicted molar refractivity (Wildman–Crippen MR) is 99.6 cm³/mol. The van der Waals surface area contributed by atoms with Crippen molar-refractivity contribution in [2.75, 3.05) is 33.5 Å². The minimum atomic E-state index is -0.193. The minimum absolute atomic E-state index is 0.193. The van der Waals surface area contributed by atoms with Crippen LogP contribution in [0.25, 0.3) is 0 Å². The summed E-state index contributed by atoms with van der Waals surface area (Å²) in [4.78, 5) is 12.2. The molecule has 2 rings (SSSR count). The Morgan fingerprint density at radius 3 is 2.15 bits per heavy atom. The maximum absolute atomic E-state index is 12.2. The second-order valence-corrected chi connectivity index (χ2v) is 5.31. The molecule has 0 saturated carbocycles.